The molecule has 1 atom stereocenters. The van der Waals surface area contributed by atoms with Crippen LogP contribution in [0, 0.1) is 11.3 Å². The lowest BCUT2D eigenvalue weighted by atomic mass is 9.88. The largest absolute Gasteiger partial charge is 0.444 e. The number of piperidine rings is 2. The Bertz CT molecular complexity index is 1100. The minimum absolute atomic E-state index is 0.215. The molecule has 3 amide bonds. The molecule has 39 heavy (non-hydrogen) atoms. The predicted octanol–water partition coefficient (Wildman–Crippen LogP) is 2.03. The molecule has 3 aliphatic rings. The Kier molecular flexibility index (Phi) is 8.51. The zero-order chi connectivity index (χ0) is 28.4. The van der Waals surface area contributed by atoms with Gasteiger partial charge in [-0.25, -0.2) is 4.79 Å². The summed E-state index contributed by atoms with van der Waals surface area (Å²) in [6.45, 7) is 10.3. The topological polar surface area (TPSA) is 138 Å². The number of amides is 3. The molecule has 0 aromatic heterocycles. The SMILES string of the molecule is CNc1cc(N2CCN(CC3(O)CCN(C(=O)OC(C)(C)C)CC3)CC2)ccc1C(=N)C1CCC(=O)NC1=O. The third kappa shape index (κ3) is 7.07. The molecular weight excluding hydrogens is 500 g/mol. The average molecular weight is 543 g/mol. The van der Waals surface area contributed by atoms with Gasteiger partial charge in [0.1, 0.15) is 5.60 Å². The van der Waals surface area contributed by atoms with Gasteiger partial charge < -0.3 is 30.4 Å². The van der Waals surface area contributed by atoms with Crippen LogP contribution in [-0.4, -0.2) is 103 Å². The van der Waals surface area contributed by atoms with E-state index in [1.807, 2.05) is 39.0 Å². The number of nitrogens with one attached hydrogen (secondary N) is 3. The van der Waals surface area contributed by atoms with E-state index in [-0.39, 0.29) is 24.1 Å². The Morgan fingerprint density at radius 2 is 1.82 bits per heavy atom. The number of carbonyl (C=O) groups excluding carboxylic acids is 3. The van der Waals surface area contributed by atoms with Crippen molar-refractivity contribution in [2.75, 3.05) is 63.1 Å². The van der Waals surface area contributed by atoms with Gasteiger partial charge in [0.05, 0.1) is 17.2 Å². The van der Waals surface area contributed by atoms with Crippen molar-refractivity contribution in [3.63, 3.8) is 0 Å². The van der Waals surface area contributed by atoms with Crippen LogP contribution in [0.2, 0.25) is 0 Å². The summed E-state index contributed by atoms with van der Waals surface area (Å²) in [6.07, 6.45) is 1.32. The highest BCUT2D eigenvalue weighted by Crippen LogP contribution is 2.30. The Labute approximate surface area is 230 Å². The van der Waals surface area contributed by atoms with Crippen LogP contribution in [0.15, 0.2) is 18.2 Å². The van der Waals surface area contributed by atoms with Crippen LogP contribution in [0.4, 0.5) is 16.2 Å². The molecule has 3 fully saturated rings. The number of likely N-dealkylation sites (tertiary alicyclic amines) is 1. The number of hydrogen-bond donors (Lipinski definition) is 4. The number of β-amino-alcohol motifs (C(OH)–C–C–N with tert-alkyl or cyclic N) is 1. The van der Waals surface area contributed by atoms with Crippen molar-refractivity contribution in [1.29, 1.82) is 5.41 Å². The first-order valence-corrected chi connectivity index (χ1v) is 13.8. The van der Waals surface area contributed by atoms with Gasteiger partial charge in [-0.3, -0.25) is 19.8 Å². The molecule has 3 saturated heterocycles. The number of hydrogen-bond acceptors (Lipinski definition) is 9. The maximum Gasteiger partial charge on any atom is 0.410 e. The second-order valence-corrected chi connectivity index (χ2v) is 11.9. The molecule has 3 heterocycles. The number of aliphatic hydroxyl groups is 1. The number of benzene rings is 1. The van der Waals surface area contributed by atoms with E-state index >= 15 is 0 Å². The quantitative estimate of drug-likeness (QED) is 0.317. The third-order valence-electron chi connectivity index (χ3n) is 7.75. The standard InChI is InChI=1S/C28H42N6O5/c1-27(2,3)39-26(37)34-11-9-28(38,10-12-34)18-32-13-15-33(16-14-32)19-5-6-20(22(17-19)30-4)24(29)21-7-8-23(35)31-25(21)36/h5-6,17,21,29-30,38H,7-16,18H2,1-4H3,(H,31,35,36). The molecule has 0 saturated carbocycles. The van der Waals surface area contributed by atoms with Crippen LogP contribution in [0.25, 0.3) is 0 Å². The van der Waals surface area contributed by atoms with Crippen molar-refractivity contribution >= 4 is 35.0 Å². The fourth-order valence-electron chi connectivity index (χ4n) is 5.50. The molecule has 0 aliphatic carbocycles. The summed E-state index contributed by atoms with van der Waals surface area (Å²) in [5.41, 5.74) is 1.33. The van der Waals surface area contributed by atoms with Gasteiger partial charge in [-0.15, -0.1) is 0 Å². The summed E-state index contributed by atoms with van der Waals surface area (Å²) >= 11 is 0. The van der Waals surface area contributed by atoms with Crippen LogP contribution in [0.3, 0.4) is 0 Å². The van der Waals surface area contributed by atoms with Crippen LogP contribution in [0.5, 0.6) is 0 Å². The van der Waals surface area contributed by atoms with Gasteiger partial charge >= 0.3 is 6.09 Å². The Balaban J connectivity index is 1.30. The van der Waals surface area contributed by atoms with Crippen LogP contribution >= 0.6 is 0 Å². The highest BCUT2D eigenvalue weighted by atomic mass is 16.6. The minimum atomic E-state index is -0.821. The van der Waals surface area contributed by atoms with E-state index in [9.17, 15) is 19.5 Å². The van der Waals surface area contributed by atoms with Crippen molar-refractivity contribution in [1.82, 2.24) is 15.1 Å². The number of rotatable bonds is 6. The van der Waals surface area contributed by atoms with E-state index in [1.165, 1.54) is 0 Å². The lowest BCUT2D eigenvalue weighted by molar-refractivity contribution is -0.134. The van der Waals surface area contributed by atoms with Gasteiger partial charge in [0.15, 0.2) is 0 Å². The van der Waals surface area contributed by atoms with Crippen LogP contribution < -0.4 is 15.5 Å². The summed E-state index contributed by atoms with van der Waals surface area (Å²) in [7, 11) is 1.80. The molecule has 0 bridgehead atoms. The molecule has 11 heteroatoms. The monoisotopic (exact) mass is 542 g/mol. The summed E-state index contributed by atoms with van der Waals surface area (Å²) < 4.78 is 5.47. The number of piperazine rings is 1. The molecule has 3 aliphatic heterocycles. The number of imide groups is 1. The van der Waals surface area contributed by atoms with Gasteiger partial charge in [-0.2, -0.15) is 0 Å². The van der Waals surface area contributed by atoms with E-state index in [2.05, 4.69) is 20.4 Å². The normalized spacial score (nSPS) is 22.3. The number of ether oxygens (including phenoxy) is 1. The lowest BCUT2D eigenvalue weighted by Gasteiger charge is -2.43. The van der Waals surface area contributed by atoms with Gasteiger partial charge in [-0.1, -0.05) is 0 Å². The zero-order valence-corrected chi connectivity index (χ0v) is 23.5. The molecule has 4 rings (SSSR count). The van der Waals surface area contributed by atoms with E-state index in [0.29, 0.717) is 44.5 Å². The van der Waals surface area contributed by atoms with Gasteiger partial charge in [0.2, 0.25) is 11.8 Å². The molecule has 0 radical (unpaired) electrons. The van der Waals surface area contributed by atoms with Crippen molar-refractivity contribution in [2.24, 2.45) is 5.92 Å². The molecule has 214 valence electrons. The smallest absolute Gasteiger partial charge is 0.410 e. The maximum absolute atomic E-state index is 12.4. The van der Waals surface area contributed by atoms with Crippen molar-refractivity contribution in [3.05, 3.63) is 23.8 Å². The third-order valence-corrected chi connectivity index (χ3v) is 7.75. The van der Waals surface area contributed by atoms with Crippen molar-refractivity contribution in [3.8, 4) is 0 Å². The predicted molar refractivity (Wildman–Crippen MR) is 149 cm³/mol. The minimum Gasteiger partial charge on any atom is -0.444 e. The summed E-state index contributed by atoms with van der Waals surface area (Å²) in [5.74, 6) is -1.33. The summed E-state index contributed by atoms with van der Waals surface area (Å²) in [5, 5.41) is 25.4. The highest BCUT2D eigenvalue weighted by Gasteiger charge is 2.37. The summed E-state index contributed by atoms with van der Waals surface area (Å²) in [6, 6.07) is 5.86. The molecule has 11 nitrogen and oxygen atoms in total. The highest BCUT2D eigenvalue weighted by molar-refractivity contribution is 6.17. The number of nitrogens with zero attached hydrogens (tertiary/aromatic N) is 3. The average Bonchev–Trinajstić information content (AvgIpc) is 2.87. The Morgan fingerprint density at radius 3 is 2.41 bits per heavy atom. The van der Waals surface area contributed by atoms with Crippen LogP contribution in [0.1, 0.15) is 52.0 Å². The van der Waals surface area contributed by atoms with Gasteiger partial charge in [0, 0.05) is 76.2 Å². The summed E-state index contributed by atoms with van der Waals surface area (Å²) in [4.78, 5) is 42.4. The fraction of sp³-hybridized carbons (Fsp3) is 0.643. The fourth-order valence-corrected chi connectivity index (χ4v) is 5.50. The van der Waals surface area contributed by atoms with E-state index < -0.39 is 23.0 Å². The van der Waals surface area contributed by atoms with E-state index in [4.69, 9.17) is 10.1 Å². The van der Waals surface area contributed by atoms with Gasteiger partial charge in [0.25, 0.3) is 0 Å². The zero-order valence-electron chi connectivity index (χ0n) is 23.5. The first kappa shape index (κ1) is 28.8. The van der Waals surface area contributed by atoms with E-state index in [1.54, 1.807) is 11.9 Å². The lowest BCUT2D eigenvalue weighted by Crippen LogP contribution is -2.56. The van der Waals surface area contributed by atoms with E-state index in [0.717, 1.165) is 37.6 Å². The maximum atomic E-state index is 12.4. The molecule has 1 aromatic carbocycles. The molecule has 1 unspecified atom stereocenters. The Hall–Kier alpha value is -3.18. The number of anilines is 2. The van der Waals surface area contributed by atoms with Crippen molar-refractivity contribution < 1.29 is 24.2 Å². The number of carbonyl (C=O) groups is 3. The van der Waals surface area contributed by atoms with Gasteiger partial charge in [-0.05, 0) is 58.2 Å². The molecular formula is C28H42N6O5. The molecule has 4 N–H and O–H groups in total. The first-order chi connectivity index (χ1) is 18.4. The van der Waals surface area contributed by atoms with Crippen molar-refractivity contribution in [2.45, 2.75) is 57.7 Å². The molecule has 0 spiro atoms. The second kappa shape index (κ2) is 11.5. The van der Waals surface area contributed by atoms with Crippen LogP contribution in [-0.2, 0) is 14.3 Å². The Morgan fingerprint density at radius 1 is 1.15 bits per heavy atom. The first-order valence-electron chi connectivity index (χ1n) is 13.8. The molecule has 1 aromatic rings. The second-order valence-electron chi connectivity index (χ2n) is 11.9.